The van der Waals surface area contributed by atoms with Crippen LogP contribution >= 0.6 is 11.3 Å². The minimum atomic E-state index is 0.153. The van der Waals surface area contributed by atoms with Crippen molar-refractivity contribution in [2.24, 2.45) is 0 Å². The van der Waals surface area contributed by atoms with Gasteiger partial charge in [-0.05, 0) is 13.0 Å². The minimum Gasteiger partial charge on any atom is -0.502 e. The molecule has 1 aromatic heterocycles. The van der Waals surface area contributed by atoms with Crippen molar-refractivity contribution >= 4 is 11.3 Å². The van der Waals surface area contributed by atoms with Crippen LogP contribution in [0.15, 0.2) is 19.0 Å². The molecular formula is C13H22N2OS. The third-order valence-corrected chi connectivity index (χ3v) is 3.65. The molecule has 0 fully saturated rings. The second-order valence-corrected chi connectivity index (χ2v) is 6.06. The Bertz CT molecular complexity index is 341. The monoisotopic (exact) mass is 254 g/mol. The van der Waals surface area contributed by atoms with Crippen molar-refractivity contribution in [1.29, 1.82) is 0 Å². The van der Waals surface area contributed by atoms with Gasteiger partial charge in [0.2, 0.25) is 0 Å². The summed E-state index contributed by atoms with van der Waals surface area (Å²) in [5.74, 6) is 0. The maximum atomic E-state index is 5.05. The summed E-state index contributed by atoms with van der Waals surface area (Å²) in [4.78, 5) is 5.75. The highest BCUT2D eigenvalue weighted by molar-refractivity contribution is 7.11. The van der Waals surface area contributed by atoms with Crippen molar-refractivity contribution in [3.05, 3.63) is 28.9 Å². The Morgan fingerprint density at radius 1 is 1.53 bits per heavy atom. The molecular weight excluding hydrogens is 232 g/mol. The smallest absolute Gasteiger partial charge is 0.0981 e. The molecule has 0 amide bonds. The molecule has 0 aliphatic carbocycles. The van der Waals surface area contributed by atoms with E-state index in [1.165, 1.54) is 16.1 Å². The first-order chi connectivity index (χ1) is 8.04. The van der Waals surface area contributed by atoms with Crippen LogP contribution in [0.1, 0.15) is 37.1 Å². The summed E-state index contributed by atoms with van der Waals surface area (Å²) < 4.78 is 5.05. The van der Waals surface area contributed by atoms with Gasteiger partial charge in [0.15, 0.2) is 0 Å². The highest BCUT2D eigenvalue weighted by Gasteiger charge is 2.17. The molecule has 0 bridgehead atoms. The average molecular weight is 254 g/mol. The minimum absolute atomic E-state index is 0.153. The molecule has 1 aromatic rings. The third kappa shape index (κ3) is 5.33. The van der Waals surface area contributed by atoms with Gasteiger partial charge in [-0.15, -0.1) is 11.3 Å². The number of nitrogens with zero attached hydrogens (tertiary/aromatic N) is 1. The van der Waals surface area contributed by atoms with Crippen molar-refractivity contribution < 1.29 is 4.74 Å². The number of rotatable bonds is 7. The molecule has 0 saturated heterocycles. The molecule has 1 heterocycles. The van der Waals surface area contributed by atoms with Crippen molar-refractivity contribution in [2.45, 2.75) is 39.2 Å². The molecule has 0 radical (unpaired) electrons. The number of hydrogen-bond acceptors (Lipinski definition) is 4. The number of ether oxygens (including phenoxy) is 1. The van der Waals surface area contributed by atoms with E-state index in [4.69, 9.17) is 4.74 Å². The second-order valence-electron chi connectivity index (χ2n) is 4.95. The molecule has 0 aliphatic heterocycles. The normalized spacial score (nSPS) is 11.5. The first-order valence-electron chi connectivity index (χ1n) is 5.92. The van der Waals surface area contributed by atoms with Gasteiger partial charge in [0.05, 0.1) is 17.9 Å². The second kappa shape index (κ2) is 6.77. The number of hydrogen-bond donors (Lipinski definition) is 1. The van der Waals surface area contributed by atoms with Crippen LogP contribution in [-0.4, -0.2) is 18.1 Å². The van der Waals surface area contributed by atoms with Gasteiger partial charge in [-0.2, -0.15) is 0 Å². The zero-order chi connectivity index (χ0) is 12.7. The van der Waals surface area contributed by atoms with E-state index in [0.29, 0.717) is 0 Å². The lowest BCUT2D eigenvalue weighted by molar-refractivity contribution is 0.244. The lowest BCUT2D eigenvalue weighted by Crippen LogP contribution is -2.15. The summed E-state index contributed by atoms with van der Waals surface area (Å²) in [5.41, 5.74) is 0.153. The van der Waals surface area contributed by atoms with Crippen LogP contribution in [0.25, 0.3) is 0 Å². The number of nitrogens with one attached hydrogen (secondary N) is 1. The number of thiazole rings is 1. The van der Waals surface area contributed by atoms with Gasteiger partial charge < -0.3 is 10.1 Å². The van der Waals surface area contributed by atoms with Gasteiger partial charge in [0.1, 0.15) is 0 Å². The molecule has 0 saturated carbocycles. The van der Waals surface area contributed by atoms with E-state index in [2.05, 4.69) is 37.7 Å². The Kier molecular flexibility index (Phi) is 5.65. The van der Waals surface area contributed by atoms with Crippen LogP contribution in [0.3, 0.4) is 0 Å². The maximum Gasteiger partial charge on any atom is 0.0981 e. The van der Waals surface area contributed by atoms with Crippen LogP contribution < -0.4 is 5.32 Å². The number of aromatic nitrogens is 1. The van der Waals surface area contributed by atoms with Gasteiger partial charge in [-0.1, -0.05) is 27.4 Å². The van der Waals surface area contributed by atoms with Gasteiger partial charge in [-0.25, -0.2) is 4.98 Å². The quantitative estimate of drug-likeness (QED) is 0.600. The fourth-order valence-corrected chi connectivity index (χ4v) is 2.25. The first kappa shape index (κ1) is 14.2. The lowest BCUT2D eigenvalue weighted by atomic mass is 9.98. The Hall–Kier alpha value is -0.870. The summed E-state index contributed by atoms with van der Waals surface area (Å²) in [5, 5.41) is 4.58. The molecule has 0 unspecified atom stereocenters. The fourth-order valence-electron chi connectivity index (χ4n) is 1.31. The molecule has 0 aliphatic rings. The van der Waals surface area contributed by atoms with Crippen LogP contribution in [0.4, 0.5) is 0 Å². The largest absolute Gasteiger partial charge is 0.502 e. The predicted octanol–water partition coefficient (Wildman–Crippen LogP) is 3.08. The zero-order valence-electron chi connectivity index (χ0n) is 11.0. The SMILES string of the molecule is C=COCCCNCc1cnc(C(C)(C)C)s1. The van der Waals surface area contributed by atoms with E-state index >= 15 is 0 Å². The van der Waals surface area contributed by atoms with Crippen LogP contribution in [0.2, 0.25) is 0 Å². The van der Waals surface area contributed by atoms with Crippen LogP contribution in [0, 0.1) is 0 Å². The van der Waals surface area contributed by atoms with Gasteiger partial charge in [-0.3, -0.25) is 0 Å². The highest BCUT2D eigenvalue weighted by atomic mass is 32.1. The average Bonchev–Trinajstić information content (AvgIpc) is 2.71. The molecule has 3 nitrogen and oxygen atoms in total. The molecule has 0 spiro atoms. The third-order valence-electron chi connectivity index (χ3n) is 2.23. The molecule has 1 N–H and O–H groups in total. The summed E-state index contributed by atoms with van der Waals surface area (Å²) in [6.07, 6.45) is 4.45. The fraction of sp³-hybridized carbons (Fsp3) is 0.615. The topological polar surface area (TPSA) is 34.1 Å². The Balaban J connectivity index is 2.24. The molecule has 96 valence electrons. The highest BCUT2D eigenvalue weighted by Crippen LogP contribution is 2.26. The lowest BCUT2D eigenvalue weighted by Gasteiger charge is -2.13. The first-order valence-corrected chi connectivity index (χ1v) is 6.74. The van der Waals surface area contributed by atoms with E-state index < -0.39 is 0 Å². The van der Waals surface area contributed by atoms with Crippen molar-refractivity contribution in [1.82, 2.24) is 10.3 Å². The van der Waals surface area contributed by atoms with E-state index in [9.17, 15) is 0 Å². The van der Waals surface area contributed by atoms with Crippen LogP contribution in [-0.2, 0) is 16.7 Å². The standard InChI is InChI=1S/C13H22N2OS/c1-5-16-8-6-7-14-9-11-10-15-12(17-11)13(2,3)4/h5,10,14H,1,6-9H2,2-4H3. The molecule has 17 heavy (non-hydrogen) atoms. The van der Waals surface area contributed by atoms with E-state index in [0.717, 1.165) is 26.1 Å². The Morgan fingerprint density at radius 3 is 2.88 bits per heavy atom. The van der Waals surface area contributed by atoms with Gasteiger partial charge >= 0.3 is 0 Å². The Labute approximate surface area is 108 Å². The van der Waals surface area contributed by atoms with E-state index in [1.54, 1.807) is 11.3 Å². The molecule has 0 aromatic carbocycles. The molecule has 4 heteroatoms. The molecule has 1 rings (SSSR count). The molecule has 0 atom stereocenters. The van der Waals surface area contributed by atoms with Gasteiger partial charge in [0, 0.05) is 23.0 Å². The summed E-state index contributed by atoms with van der Waals surface area (Å²) in [7, 11) is 0. The van der Waals surface area contributed by atoms with Crippen LogP contribution in [0.5, 0.6) is 0 Å². The van der Waals surface area contributed by atoms with E-state index in [1.807, 2.05) is 6.20 Å². The summed E-state index contributed by atoms with van der Waals surface area (Å²) >= 11 is 1.79. The maximum absolute atomic E-state index is 5.05. The van der Waals surface area contributed by atoms with Crippen molar-refractivity contribution in [3.63, 3.8) is 0 Å². The Morgan fingerprint density at radius 2 is 2.29 bits per heavy atom. The summed E-state index contributed by atoms with van der Waals surface area (Å²) in [6, 6.07) is 0. The van der Waals surface area contributed by atoms with Crippen molar-refractivity contribution in [2.75, 3.05) is 13.2 Å². The zero-order valence-corrected chi connectivity index (χ0v) is 11.8. The van der Waals surface area contributed by atoms with E-state index in [-0.39, 0.29) is 5.41 Å². The van der Waals surface area contributed by atoms with Gasteiger partial charge in [0.25, 0.3) is 0 Å². The summed E-state index contributed by atoms with van der Waals surface area (Å²) in [6.45, 7) is 12.6. The predicted molar refractivity (Wildman–Crippen MR) is 73.3 cm³/mol. The van der Waals surface area contributed by atoms with Crippen molar-refractivity contribution in [3.8, 4) is 0 Å².